The molecule has 0 aromatic heterocycles. The molecule has 0 amide bonds. The van der Waals surface area contributed by atoms with Gasteiger partial charge in [0, 0.05) is 19.3 Å². The molecule has 0 aliphatic heterocycles. The van der Waals surface area contributed by atoms with E-state index in [0.717, 1.165) is 116 Å². The van der Waals surface area contributed by atoms with Gasteiger partial charge in [0.15, 0.2) is 6.10 Å². The Labute approximate surface area is 489 Å². The summed E-state index contributed by atoms with van der Waals surface area (Å²) in [6.45, 7) is 6.40. The van der Waals surface area contributed by atoms with Crippen molar-refractivity contribution in [3.05, 3.63) is 109 Å². The standard InChI is InChI=1S/C73H124O6/c1-4-7-10-13-16-18-20-22-24-26-28-30-32-34-35-36-37-39-40-42-44-46-48-50-52-54-57-60-63-66-72(75)78-69-70(68-77-71(74)65-62-59-56-15-12-9-6-3)79-73(76)67-64-61-58-55-53-51-49-47-45-43-41-38-33-31-29-27-25-23-21-19-17-14-11-8-5-2/h7-8,10-11,16-19,22-25,28-31,34-35,70H,4-6,9,12-15,20-21,26-27,32-33,36-69H2,1-3H3/b10-7-,11-8-,18-16-,19-17-,24-22-,25-23-,30-28-,31-29-,35-34-. The number of allylic oxidation sites excluding steroid dienone is 18. The topological polar surface area (TPSA) is 78.9 Å². The predicted molar refractivity (Wildman–Crippen MR) is 343 cm³/mol. The van der Waals surface area contributed by atoms with Gasteiger partial charge in [0.1, 0.15) is 13.2 Å². The number of hydrogen-bond acceptors (Lipinski definition) is 6. The zero-order valence-electron chi connectivity index (χ0n) is 51.9. The number of ether oxygens (including phenoxy) is 3. The van der Waals surface area contributed by atoms with Crippen LogP contribution in [0.4, 0.5) is 0 Å². The summed E-state index contributed by atoms with van der Waals surface area (Å²) in [6, 6.07) is 0. The smallest absolute Gasteiger partial charge is 0.306 e. The molecule has 6 heteroatoms. The molecule has 1 unspecified atom stereocenters. The SMILES string of the molecule is CC/C=C\C/C=C\C/C=C\C/C=C\C/C=C\CCCCCCCCCCCCCCCC(=O)OCC(COC(=O)CCCCCCCCC)OC(=O)CCCCCCCCCCCCCC/C=C\C/C=C\C/C=C\C/C=C\CC. The lowest BCUT2D eigenvalue weighted by molar-refractivity contribution is -0.167. The zero-order valence-corrected chi connectivity index (χ0v) is 51.9. The minimum Gasteiger partial charge on any atom is -0.462 e. The van der Waals surface area contributed by atoms with Crippen molar-refractivity contribution in [3.63, 3.8) is 0 Å². The van der Waals surface area contributed by atoms with E-state index in [9.17, 15) is 14.4 Å². The highest BCUT2D eigenvalue weighted by Crippen LogP contribution is 2.17. The van der Waals surface area contributed by atoms with Gasteiger partial charge in [-0.15, -0.1) is 0 Å². The van der Waals surface area contributed by atoms with Gasteiger partial charge in [0.25, 0.3) is 0 Å². The molecule has 0 aromatic rings. The van der Waals surface area contributed by atoms with Crippen LogP contribution < -0.4 is 0 Å². The summed E-state index contributed by atoms with van der Waals surface area (Å²) in [5, 5.41) is 0. The molecule has 1 atom stereocenters. The molecule has 0 radical (unpaired) electrons. The molecule has 0 aliphatic carbocycles. The third-order valence-corrected chi connectivity index (χ3v) is 14.3. The van der Waals surface area contributed by atoms with Gasteiger partial charge in [-0.25, -0.2) is 0 Å². The molecule has 0 spiro atoms. The highest BCUT2D eigenvalue weighted by atomic mass is 16.6. The lowest BCUT2D eigenvalue weighted by atomic mass is 10.0. The second-order valence-corrected chi connectivity index (χ2v) is 22.0. The van der Waals surface area contributed by atoms with Crippen LogP contribution in [0, 0.1) is 0 Å². The maximum Gasteiger partial charge on any atom is 0.306 e. The third-order valence-electron chi connectivity index (χ3n) is 14.3. The van der Waals surface area contributed by atoms with E-state index in [1.807, 2.05) is 0 Å². The van der Waals surface area contributed by atoms with Crippen LogP contribution in [0.1, 0.15) is 316 Å². The Balaban J connectivity index is 4.10. The normalized spacial score (nSPS) is 12.8. The monoisotopic (exact) mass is 1100 g/mol. The average molecular weight is 1100 g/mol. The molecule has 0 aromatic carbocycles. The first kappa shape index (κ1) is 75.1. The summed E-state index contributed by atoms with van der Waals surface area (Å²) >= 11 is 0. The van der Waals surface area contributed by atoms with Crippen molar-refractivity contribution in [2.45, 2.75) is 322 Å². The predicted octanol–water partition coefficient (Wildman–Crippen LogP) is 23.0. The fourth-order valence-electron chi connectivity index (χ4n) is 9.35. The highest BCUT2D eigenvalue weighted by Gasteiger charge is 2.19. The van der Waals surface area contributed by atoms with E-state index in [1.165, 1.54) is 161 Å². The number of unbranched alkanes of at least 4 members (excludes halogenated alkanes) is 31. The minimum absolute atomic E-state index is 0.0766. The van der Waals surface area contributed by atoms with Crippen molar-refractivity contribution in [1.82, 2.24) is 0 Å². The molecule has 0 bridgehead atoms. The number of carbonyl (C=O) groups is 3. The van der Waals surface area contributed by atoms with E-state index in [2.05, 4.69) is 130 Å². The molecular weight excluding hydrogens is 973 g/mol. The molecule has 0 fully saturated rings. The summed E-state index contributed by atoms with van der Waals surface area (Å²) < 4.78 is 16.9. The number of esters is 3. The second kappa shape index (κ2) is 66.6. The van der Waals surface area contributed by atoms with Crippen molar-refractivity contribution in [2.24, 2.45) is 0 Å². The van der Waals surface area contributed by atoms with Crippen LogP contribution in [0.2, 0.25) is 0 Å². The Kier molecular flexibility index (Phi) is 63.3. The Morgan fingerprint density at radius 1 is 0.266 bits per heavy atom. The fraction of sp³-hybridized carbons (Fsp3) is 0.712. The van der Waals surface area contributed by atoms with Crippen molar-refractivity contribution in [3.8, 4) is 0 Å². The van der Waals surface area contributed by atoms with Gasteiger partial charge in [-0.1, -0.05) is 304 Å². The van der Waals surface area contributed by atoms with Crippen LogP contribution >= 0.6 is 0 Å². The van der Waals surface area contributed by atoms with Gasteiger partial charge in [-0.2, -0.15) is 0 Å². The van der Waals surface area contributed by atoms with Crippen LogP contribution in [0.3, 0.4) is 0 Å². The average Bonchev–Trinajstić information content (AvgIpc) is 3.45. The van der Waals surface area contributed by atoms with Gasteiger partial charge >= 0.3 is 17.9 Å². The number of hydrogen-bond donors (Lipinski definition) is 0. The summed E-state index contributed by atoms with van der Waals surface area (Å²) in [6.07, 6.45) is 91.3. The van der Waals surface area contributed by atoms with E-state index >= 15 is 0 Å². The van der Waals surface area contributed by atoms with Crippen LogP contribution in [-0.4, -0.2) is 37.2 Å². The molecule has 0 saturated carbocycles. The Morgan fingerprint density at radius 2 is 0.494 bits per heavy atom. The maximum absolute atomic E-state index is 12.9. The summed E-state index contributed by atoms with van der Waals surface area (Å²) in [4.78, 5) is 38.2. The van der Waals surface area contributed by atoms with E-state index in [-0.39, 0.29) is 31.1 Å². The molecular formula is C73H124O6. The van der Waals surface area contributed by atoms with Crippen LogP contribution in [0.25, 0.3) is 0 Å². The number of rotatable bonds is 60. The molecule has 79 heavy (non-hydrogen) atoms. The van der Waals surface area contributed by atoms with Crippen molar-refractivity contribution in [1.29, 1.82) is 0 Å². The largest absolute Gasteiger partial charge is 0.462 e. The quantitative estimate of drug-likeness (QED) is 0.0261. The molecule has 0 rings (SSSR count). The lowest BCUT2D eigenvalue weighted by Crippen LogP contribution is -2.30. The summed E-state index contributed by atoms with van der Waals surface area (Å²) in [5.41, 5.74) is 0. The Hall–Kier alpha value is -3.93. The molecule has 452 valence electrons. The van der Waals surface area contributed by atoms with Gasteiger partial charge < -0.3 is 14.2 Å². The first-order valence-corrected chi connectivity index (χ1v) is 33.4. The van der Waals surface area contributed by atoms with Crippen molar-refractivity contribution in [2.75, 3.05) is 13.2 Å². The third kappa shape index (κ3) is 64.8. The maximum atomic E-state index is 12.9. The van der Waals surface area contributed by atoms with Crippen LogP contribution in [0.5, 0.6) is 0 Å². The first-order valence-electron chi connectivity index (χ1n) is 33.4. The van der Waals surface area contributed by atoms with Crippen LogP contribution in [0.15, 0.2) is 109 Å². The molecule has 6 nitrogen and oxygen atoms in total. The molecule has 0 aliphatic rings. The fourth-order valence-corrected chi connectivity index (χ4v) is 9.35. The molecule has 0 N–H and O–H groups in total. The van der Waals surface area contributed by atoms with Gasteiger partial charge in [0.2, 0.25) is 0 Å². The summed E-state index contributed by atoms with van der Waals surface area (Å²) in [5.74, 6) is -0.877. The first-order chi connectivity index (χ1) is 39.0. The summed E-state index contributed by atoms with van der Waals surface area (Å²) in [7, 11) is 0. The zero-order chi connectivity index (χ0) is 57.1. The van der Waals surface area contributed by atoms with Gasteiger partial charge in [0.05, 0.1) is 0 Å². The van der Waals surface area contributed by atoms with E-state index in [1.54, 1.807) is 0 Å². The molecule has 0 saturated heterocycles. The van der Waals surface area contributed by atoms with Gasteiger partial charge in [-0.3, -0.25) is 14.4 Å². The Morgan fingerprint density at radius 3 is 0.772 bits per heavy atom. The van der Waals surface area contributed by atoms with Crippen LogP contribution in [-0.2, 0) is 28.6 Å². The minimum atomic E-state index is -0.778. The van der Waals surface area contributed by atoms with E-state index in [4.69, 9.17) is 14.2 Å². The van der Waals surface area contributed by atoms with Crippen molar-refractivity contribution >= 4 is 17.9 Å². The Bertz CT molecular complexity index is 1590. The number of carbonyl (C=O) groups excluding carboxylic acids is 3. The van der Waals surface area contributed by atoms with E-state index < -0.39 is 6.10 Å². The van der Waals surface area contributed by atoms with E-state index in [0.29, 0.717) is 19.3 Å². The highest BCUT2D eigenvalue weighted by molar-refractivity contribution is 5.71. The second-order valence-electron chi connectivity index (χ2n) is 22.0. The van der Waals surface area contributed by atoms with Crippen molar-refractivity contribution < 1.29 is 28.6 Å². The molecule has 0 heterocycles. The van der Waals surface area contributed by atoms with Gasteiger partial charge in [-0.05, 0) is 103 Å². The lowest BCUT2D eigenvalue weighted by Gasteiger charge is -2.18.